The quantitative estimate of drug-likeness (QED) is 0.509. The Bertz CT molecular complexity index is 1070. The fourth-order valence-electron chi connectivity index (χ4n) is 3.09. The maximum Gasteiger partial charge on any atom is 0.268 e. The third-order valence-electron chi connectivity index (χ3n) is 4.46. The number of thiophene rings is 1. The molecule has 0 bridgehead atoms. The van der Waals surface area contributed by atoms with Gasteiger partial charge < -0.3 is 9.47 Å². The molecule has 5 heteroatoms. The van der Waals surface area contributed by atoms with Crippen molar-refractivity contribution < 1.29 is 4.79 Å². The summed E-state index contributed by atoms with van der Waals surface area (Å²) in [6.07, 6.45) is 0. The molecule has 0 fully saturated rings. The Labute approximate surface area is 156 Å². The van der Waals surface area contributed by atoms with Gasteiger partial charge in [0.2, 0.25) is 0 Å². The van der Waals surface area contributed by atoms with Crippen LogP contribution in [0.15, 0.2) is 66.7 Å². The van der Waals surface area contributed by atoms with Crippen LogP contribution in [-0.2, 0) is 6.54 Å². The number of hydrogen-bond donors (Lipinski definition) is 0. The number of carbonyl (C=O) groups is 1. The van der Waals surface area contributed by atoms with Crippen LogP contribution < -0.4 is 4.90 Å². The van der Waals surface area contributed by atoms with E-state index in [-0.39, 0.29) is 5.91 Å². The molecule has 0 aliphatic carbocycles. The summed E-state index contributed by atoms with van der Waals surface area (Å²) in [6.45, 7) is 2.95. The van der Waals surface area contributed by atoms with Crippen LogP contribution in [-0.4, -0.2) is 22.5 Å². The predicted molar refractivity (Wildman–Crippen MR) is 108 cm³/mol. The van der Waals surface area contributed by atoms with E-state index in [1.165, 1.54) is 11.3 Å². The van der Waals surface area contributed by atoms with E-state index in [2.05, 4.69) is 17.6 Å². The highest BCUT2D eigenvalue weighted by atomic mass is 32.1. The first-order chi connectivity index (χ1) is 12.7. The number of amides is 1. The van der Waals surface area contributed by atoms with Gasteiger partial charge in [-0.25, -0.2) is 4.98 Å². The molecule has 0 N–H and O–H groups in total. The topological polar surface area (TPSA) is 38.1 Å². The van der Waals surface area contributed by atoms with E-state index >= 15 is 0 Å². The molecule has 4 nitrogen and oxygen atoms in total. The van der Waals surface area contributed by atoms with Crippen molar-refractivity contribution in [1.82, 2.24) is 9.55 Å². The van der Waals surface area contributed by atoms with Gasteiger partial charge in [0, 0.05) is 19.3 Å². The maximum atomic E-state index is 12.8. The van der Waals surface area contributed by atoms with Crippen LogP contribution in [0.5, 0.6) is 0 Å². The molecule has 2 aromatic heterocycles. The van der Waals surface area contributed by atoms with Crippen LogP contribution in [0.25, 0.3) is 21.7 Å². The van der Waals surface area contributed by atoms with E-state index in [0.29, 0.717) is 4.88 Å². The molecule has 0 unspecified atom stereocenters. The SMILES string of the molecule is CCn1c(-c2ccc(C(=O)N(C)c3ccccc3)s2)nc2ccccc21. The molecule has 2 heterocycles. The monoisotopic (exact) mass is 361 g/mol. The van der Waals surface area contributed by atoms with Crippen molar-refractivity contribution >= 4 is 34.0 Å². The van der Waals surface area contributed by atoms with E-state index in [9.17, 15) is 4.79 Å². The van der Waals surface area contributed by atoms with Crippen molar-refractivity contribution in [3.05, 3.63) is 71.6 Å². The van der Waals surface area contributed by atoms with Gasteiger partial charge in [0.15, 0.2) is 5.82 Å². The maximum absolute atomic E-state index is 12.8. The first-order valence-electron chi connectivity index (χ1n) is 8.57. The summed E-state index contributed by atoms with van der Waals surface area (Å²) in [7, 11) is 1.80. The Morgan fingerprint density at radius 1 is 1.04 bits per heavy atom. The number of aromatic nitrogens is 2. The molecule has 0 saturated heterocycles. The number of imidazole rings is 1. The molecule has 4 rings (SSSR count). The number of nitrogens with zero attached hydrogens (tertiary/aromatic N) is 3. The van der Waals surface area contributed by atoms with Gasteiger partial charge in [-0.05, 0) is 43.3 Å². The Kier molecular flexibility index (Phi) is 4.31. The van der Waals surface area contributed by atoms with E-state index < -0.39 is 0 Å². The molecule has 4 aromatic rings. The normalized spacial score (nSPS) is 11.0. The lowest BCUT2D eigenvalue weighted by atomic mass is 10.3. The third kappa shape index (κ3) is 2.80. The average Bonchev–Trinajstić information content (AvgIpc) is 3.31. The Hall–Kier alpha value is -2.92. The fraction of sp³-hybridized carbons (Fsp3) is 0.143. The number of para-hydroxylation sites is 3. The lowest BCUT2D eigenvalue weighted by Gasteiger charge is -2.16. The number of benzene rings is 2. The Balaban J connectivity index is 1.69. The summed E-state index contributed by atoms with van der Waals surface area (Å²) in [5, 5.41) is 0. The number of hydrogen-bond acceptors (Lipinski definition) is 3. The van der Waals surface area contributed by atoms with Gasteiger partial charge >= 0.3 is 0 Å². The largest absolute Gasteiger partial charge is 0.324 e. The minimum absolute atomic E-state index is 0.00777. The highest BCUT2D eigenvalue weighted by Gasteiger charge is 2.18. The number of rotatable bonds is 4. The van der Waals surface area contributed by atoms with Crippen LogP contribution in [0.1, 0.15) is 16.6 Å². The smallest absolute Gasteiger partial charge is 0.268 e. The molecule has 26 heavy (non-hydrogen) atoms. The summed E-state index contributed by atoms with van der Waals surface area (Å²) in [6, 6.07) is 21.7. The summed E-state index contributed by atoms with van der Waals surface area (Å²) in [5.41, 5.74) is 2.98. The van der Waals surface area contributed by atoms with Crippen LogP contribution in [0.2, 0.25) is 0 Å². The Morgan fingerprint density at radius 3 is 2.54 bits per heavy atom. The molecule has 2 aromatic carbocycles. The second-order valence-corrected chi connectivity index (χ2v) is 7.12. The number of carbonyl (C=O) groups excluding carboxylic acids is 1. The number of fused-ring (bicyclic) bond motifs is 1. The van der Waals surface area contributed by atoms with Crippen molar-refractivity contribution in [3.63, 3.8) is 0 Å². The molecule has 0 aliphatic rings. The van der Waals surface area contributed by atoms with Crippen LogP contribution in [0.4, 0.5) is 5.69 Å². The molecule has 1 amide bonds. The van der Waals surface area contributed by atoms with Crippen molar-refractivity contribution in [2.75, 3.05) is 11.9 Å². The van der Waals surface area contributed by atoms with Crippen LogP contribution in [0, 0.1) is 0 Å². The molecular formula is C21H19N3OS. The summed E-state index contributed by atoms with van der Waals surface area (Å²) < 4.78 is 2.19. The average molecular weight is 361 g/mol. The van der Waals surface area contributed by atoms with E-state index in [1.54, 1.807) is 11.9 Å². The standard InChI is InChI=1S/C21H19N3OS/c1-3-24-17-12-8-7-11-16(17)22-20(24)18-13-14-19(26-18)21(25)23(2)15-9-5-4-6-10-15/h4-14H,3H2,1-2H3. The Morgan fingerprint density at radius 2 is 1.77 bits per heavy atom. The molecular weight excluding hydrogens is 342 g/mol. The predicted octanol–water partition coefficient (Wildman–Crippen LogP) is 5.06. The lowest BCUT2D eigenvalue weighted by molar-refractivity contribution is 0.0997. The molecule has 0 aliphatic heterocycles. The first kappa shape index (κ1) is 16.5. The summed E-state index contributed by atoms with van der Waals surface area (Å²) in [4.78, 5) is 21.0. The van der Waals surface area contributed by atoms with Crippen LogP contribution >= 0.6 is 11.3 Å². The van der Waals surface area contributed by atoms with Gasteiger partial charge in [0.05, 0.1) is 20.8 Å². The van der Waals surface area contributed by atoms with Gasteiger partial charge in [-0.15, -0.1) is 11.3 Å². The lowest BCUT2D eigenvalue weighted by Crippen LogP contribution is -2.25. The summed E-state index contributed by atoms with van der Waals surface area (Å²) in [5.74, 6) is 0.909. The zero-order chi connectivity index (χ0) is 18.1. The summed E-state index contributed by atoms with van der Waals surface area (Å²) >= 11 is 1.49. The van der Waals surface area contributed by atoms with Crippen molar-refractivity contribution in [3.8, 4) is 10.7 Å². The fourth-order valence-corrected chi connectivity index (χ4v) is 4.07. The molecule has 130 valence electrons. The second-order valence-electron chi connectivity index (χ2n) is 6.03. The molecule has 0 saturated carbocycles. The van der Waals surface area contributed by atoms with E-state index in [1.807, 2.05) is 60.7 Å². The third-order valence-corrected chi connectivity index (χ3v) is 5.53. The van der Waals surface area contributed by atoms with Gasteiger partial charge in [0.25, 0.3) is 5.91 Å². The van der Waals surface area contributed by atoms with Gasteiger partial charge in [-0.3, -0.25) is 4.79 Å². The first-order valence-corrected chi connectivity index (χ1v) is 9.39. The van der Waals surface area contributed by atoms with Crippen molar-refractivity contribution in [2.45, 2.75) is 13.5 Å². The number of anilines is 1. The highest BCUT2D eigenvalue weighted by Crippen LogP contribution is 2.31. The number of aryl methyl sites for hydroxylation is 1. The van der Waals surface area contributed by atoms with E-state index in [0.717, 1.165) is 34.0 Å². The minimum atomic E-state index is -0.00777. The second kappa shape index (κ2) is 6.77. The molecule has 0 radical (unpaired) electrons. The van der Waals surface area contributed by atoms with E-state index in [4.69, 9.17) is 4.98 Å². The zero-order valence-electron chi connectivity index (χ0n) is 14.7. The van der Waals surface area contributed by atoms with Gasteiger partial charge in [-0.2, -0.15) is 0 Å². The highest BCUT2D eigenvalue weighted by molar-refractivity contribution is 7.17. The molecule has 0 atom stereocenters. The van der Waals surface area contributed by atoms with Crippen LogP contribution in [0.3, 0.4) is 0 Å². The zero-order valence-corrected chi connectivity index (χ0v) is 15.5. The van der Waals surface area contributed by atoms with Gasteiger partial charge in [0.1, 0.15) is 0 Å². The van der Waals surface area contributed by atoms with Gasteiger partial charge in [-0.1, -0.05) is 30.3 Å². The molecule has 0 spiro atoms. The minimum Gasteiger partial charge on any atom is -0.324 e. The van der Waals surface area contributed by atoms with Crippen molar-refractivity contribution in [1.29, 1.82) is 0 Å². The van der Waals surface area contributed by atoms with Crippen molar-refractivity contribution in [2.24, 2.45) is 0 Å².